The number of rotatable bonds is 8. The molecule has 1 aliphatic heterocycles. The van der Waals surface area contributed by atoms with E-state index in [-0.39, 0.29) is 18.8 Å². The molecule has 190 valence electrons. The van der Waals surface area contributed by atoms with E-state index < -0.39 is 29.8 Å². The van der Waals surface area contributed by atoms with Gasteiger partial charge in [-0.1, -0.05) is 0 Å². The Kier molecular flexibility index (Phi) is 7.30. The molecule has 0 unspecified atom stereocenters. The summed E-state index contributed by atoms with van der Waals surface area (Å²) in [6.45, 7) is 4.28. The Morgan fingerprint density at radius 2 is 2.23 bits per heavy atom. The highest BCUT2D eigenvalue weighted by molar-refractivity contribution is 14.1. The molecule has 3 atom stereocenters. The van der Waals surface area contributed by atoms with Gasteiger partial charge in [0.2, 0.25) is 0 Å². The van der Waals surface area contributed by atoms with E-state index in [2.05, 4.69) is 20.3 Å². The number of imidazole rings is 1. The third kappa shape index (κ3) is 5.57. The Morgan fingerprint density at radius 3 is 2.94 bits per heavy atom. The molecule has 0 saturated carbocycles. The van der Waals surface area contributed by atoms with Crippen LogP contribution >= 0.6 is 22.6 Å². The first-order chi connectivity index (χ1) is 16.6. The zero-order chi connectivity index (χ0) is 25.3. The minimum absolute atomic E-state index is 0.160. The molecule has 1 saturated heterocycles. The van der Waals surface area contributed by atoms with Gasteiger partial charge in [-0.05, 0) is 20.9 Å². The largest absolute Gasteiger partial charge is 0.519 e. The molecular formula is C20H26IN7O7. The first-order valence-corrected chi connectivity index (χ1v) is 11.8. The Balaban J connectivity index is 1.27. The quantitative estimate of drug-likeness (QED) is 0.243. The van der Waals surface area contributed by atoms with Crippen molar-refractivity contribution in [2.75, 3.05) is 32.5 Å². The molecule has 0 bridgehead atoms. The normalized spacial score (nSPS) is 22.2. The second kappa shape index (κ2) is 10.1. The van der Waals surface area contributed by atoms with Crippen LogP contribution in [0.1, 0.15) is 31.1 Å². The fourth-order valence-corrected chi connectivity index (χ4v) is 4.24. The summed E-state index contributed by atoms with van der Waals surface area (Å²) in [6, 6.07) is 0. The Hall–Kier alpha value is -2.76. The lowest BCUT2D eigenvalue weighted by atomic mass is 10.0. The van der Waals surface area contributed by atoms with E-state index in [9.17, 15) is 14.7 Å². The van der Waals surface area contributed by atoms with Crippen LogP contribution in [0, 0.1) is 10.8 Å². The van der Waals surface area contributed by atoms with Crippen molar-refractivity contribution in [3.05, 3.63) is 32.3 Å². The predicted molar refractivity (Wildman–Crippen MR) is 129 cm³/mol. The number of halogens is 1. The summed E-state index contributed by atoms with van der Waals surface area (Å²) in [6.07, 6.45) is -0.323. The molecule has 14 nitrogen and oxygen atoms in total. The number of aromatic nitrogens is 4. The number of carbonyl (C=O) groups excluding carboxylic acids is 1. The smallest absolute Gasteiger partial charge is 0.446 e. The zero-order valence-electron chi connectivity index (χ0n) is 19.4. The second-order valence-electron chi connectivity index (χ2n) is 8.51. The number of fused-ring (bicyclic) bond motifs is 1. The first kappa shape index (κ1) is 25.3. The topological polar surface area (TPSA) is 184 Å². The van der Waals surface area contributed by atoms with Gasteiger partial charge in [-0.25, -0.2) is 24.5 Å². The summed E-state index contributed by atoms with van der Waals surface area (Å²) < 4.78 is 23.3. The van der Waals surface area contributed by atoms with Gasteiger partial charge in [0, 0.05) is 42.1 Å². The second-order valence-corrected chi connectivity index (χ2v) is 9.48. The number of aliphatic hydroxyl groups excluding tert-OH is 1. The van der Waals surface area contributed by atoms with Gasteiger partial charge in [0.15, 0.2) is 21.1 Å². The van der Waals surface area contributed by atoms with E-state index in [1.165, 1.54) is 6.33 Å². The van der Waals surface area contributed by atoms with Gasteiger partial charge < -0.3 is 34.5 Å². The number of carbonyl (C=O) groups is 1. The van der Waals surface area contributed by atoms with Gasteiger partial charge in [0.25, 0.3) is 0 Å². The maximum Gasteiger partial charge on any atom is 0.519 e. The molecule has 4 N–H and O–H groups in total. The van der Waals surface area contributed by atoms with Gasteiger partial charge in [0.05, 0.1) is 19.0 Å². The van der Waals surface area contributed by atoms with Crippen molar-refractivity contribution in [2.45, 2.75) is 44.7 Å². The third-order valence-corrected chi connectivity index (χ3v) is 6.25. The molecule has 15 heteroatoms. The number of alkyl carbamates (subject to hydrolysis) is 1. The average Bonchev–Trinajstić information content (AvgIpc) is 3.42. The number of amides is 1. The lowest BCUT2D eigenvalue weighted by Crippen LogP contribution is -2.43. The lowest BCUT2D eigenvalue weighted by molar-refractivity contribution is -0.116. The van der Waals surface area contributed by atoms with E-state index >= 15 is 0 Å². The summed E-state index contributed by atoms with van der Waals surface area (Å²) in [5.74, 6) is 0.372. The number of anilines is 1. The number of hydrogen-bond acceptors (Lipinski definition) is 12. The maximum absolute atomic E-state index is 12.2. The molecule has 4 rings (SSSR count). The molecule has 1 fully saturated rings. The van der Waals surface area contributed by atoms with Crippen LogP contribution in [-0.2, 0) is 16.0 Å². The van der Waals surface area contributed by atoms with E-state index in [1.807, 2.05) is 34.5 Å². The fourth-order valence-electron chi connectivity index (χ4n) is 3.75. The van der Waals surface area contributed by atoms with Gasteiger partial charge in [0.1, 0.15) is 29.7 Å². The molecule has 0 spiro atoms. The zero-order valence-corrected chi connectivity index (χ0v) is 21.5. The minimum atomic E-state index is -1.13. The number of likely N-dealkylation sites (N-methyl/N-ethyl adjacent to an activating group) is 1. The molecule has 3 aromatic rings. The number of nitrogens with zero attached hydrogens (tertiary/aromatic N) is 5. The van der Waals surface area contributed by atoms with Crippen LogP contribution in [0.2, 0.25) is 0 Å². The molecular weight excluding hydrogens is 577 g/mol. The van der Waals surface area contributed by atoms with E-state index in [0.717, 1.165) is 0 Å². The van der Waals surface area contributed by atoms with Crippen molar-refractivity contribution < 1.29 is 28.2 Å². The van der Waals surface area contributed by atoms with Gasteiger partial charge in [-0.2, -0.15) is 0 Å². The third-order valence-electron chi connectivity index (χ3n) is 5.77. The molecule has 4 heterocycles. The Morgan fingerprint density at radius 1 is 1.46 bits per heavy atom. The monoisotopic (exact) mass is 603 g/mol. The summed E-state index contributed by atoms with van der Waals surface area (Å²) in [5.41, 5.74) is 5.74. The number of ether oxygens (including phenoxy) is 2. The number of nitrogens with two attached hydrogens (primary N) is 1. The number of nitrogens with one attached hydrogen (secondary N) is 1. The van der Waals surface area contributed by atoms with Crippen molar-refractivity contribution in [3.63, 3.8) is 0 Å². The Labute approximate surface area is 212 Å². The fraction of sp³-hybridized carbons (Fsp3) is 0.550. The van der Waals surface area contributed by atoms with Crippen molar-refractivity contribution in [3.8, 4) is 0 Å². The van der Waals surface area contributed by atoms with Crippen molar-refractivity contribution >= 4 is 45.7 Å². The summed E-state index contributed by atoms with van der Waals surface area (Å²) in [5, 5.41) is 13.3. The number of aryl methyl sites for hydroxylation is 1. The van der Waals surface area contributed by atoms with Crippen LogP contribution < -0.4 is 16.9 Å². The van der Waals surface area contributed by atoms with Crippen LogP contribution in [0.25, 0.3) is 11.2 Å². The molecule has 0 radical (unpaired) electrons. The van der Waals surface area contributed by atoms with Crippen LogP contribution in [0.3, 0.4) is 0 Å². The highest BCUT2D eigenvalue weighted by Gasteiger charge is 2.46. The Bertz CT molecular complexity index is 1270. The predicted octanol–water partition coefficient (Wildman–Crippen LogP) is 0.764. The van der Waals surface area contributed by atoms with Crippen LogP contribution in [0.5, 0.6) is 0 Å². The van der Waals surface area contributed by atoms with Crippen molar-refractivity contribution in [1.82, 2.24) is 29.7 Å². The molecule has 1 aliphatic rings. The summed E-state index contributed by atoms with van der Waals surface area (Å²) in [7, 11) is 1.81. The van der Waals surface area contributed by atoms with Gasteiger partial charge >= 0.3 is 11.9 Å². The standard InChI is InChI=1S/C20H26IN7O7/c1-10-11(34-19(31)33-10)7-27(3)5-4-23-18(30)32-8-20(2)12(29)6-13(35-20)28-9-24-14-15(22)25-17(21)26-16(14)28/h9,12-13,29H,4-8H2,1-3H3,(H,23,30)(H2,22,25,26)/t12-,13+,20+/m0/s1. The number of aliphatic hydroxyl groups is 1. The van der Waals surface area contributed by atoms with Gasteiger partial charge in [-0.3, -0.25) is 9.47 Å². The molecule has 1 amide bonds. The highest BCUT2D eigenvalue weighted by Crippen LogP contribution is 2.38. The number of nitrogen functional groups attached to an aromatic ring is 1. The molecule has 0 aromatic carbocycles. The lowest BCUT2D eigenvalue weighted by Gasteiger charge is -2.27. The van der Waals surface area contributed by atoms with Crippen LogP contribution in [0.4, 0.5) is 10.6 Å². The molecule has 0 aliphatic carbocycles. The molecule has 35 heavy (non-hydrogen) atoms. The summed E-state index contributed by atoms with van der Waals surface area (Å²) >= 11 is 1.96. The summed E-state index contributed by atoms with van der Waals surface area (Å²) in [4.78, 5) is 37.9. The highest BCUT2D eigenvalue weighted by atomic mass is 127. The maximum atomic E-state index is 12.2. The van der Waals surface area contributed by atoms with E-state index in [4.69, 9.17) is 24.0 Å². The van der Waals surface area contributed by atoms with Crippen LogP contribution in [0.15, 0.2) is 20.0 Å². The van der Waals surface area contributed by atoms with Crippen LogP contribution in [-0.4, -0.2) is 74.1 Å². The van der Waals surface area contributed by atoms with Crippen molar-refractivity contribution in [1.29, 1.82) is 0 Å². The van der Waals surface area contributed by atoms with E-state index in [0.29, 0.717) is 46.1 Å². The van der Waals surface area contributed by atoms with Gasteiger partial charge in [-0.15, -0.1) is 0 Å². The minimum Gasteiger partial charge on any atom is -0.446 e. The first-order valence-electron chi connectivity index (χ1n) is 10.8. The SMILES string of the molecule is Cc1oc(=O)oc1CN(C)CCNC(=O)OC[C@@]1(C)O[C@@H](n2cnc3c(N)nc(I)nc32)C[C@@H]1O. The van der Waals surface area contributed by atoms with E-state index in [1.54, 1.807) is 18.4 Å². The number of hydrogen-bond donors (Lipinski definition) is 3. The molecule has 3 aromatic heterocycles. The van der Waals surface area contributed by atoms with Crippen molar-refractivity contribution in [2.24, 2.45) is 0 Å². The average molecular weight is 603 g/mol.